The Balaban J connectivity index is 2.21. The molecule has 0 heterocycles. The molecule has 0 aliphatic carbocycles. The van der Waals surface area contributed by atoms with Gasteiger partial charge in [0, 0.05) is 0 Å². The lowest BCUT2D eigenvalue weighted by Crippen LogP contribution is -1.85. The molecule has 0 fully saturated rings. The van der Waals surface area contributed by atoms with E-state index in [4.69, 9.17) is 0 Å². The first-order valence-corrected chi connectivity index (χ1v) is 7.18. The second-order valence-electron chi connectivity index (χ2n) is 5.70. The van der Waals surface area contributed by atoms with Gasteiger partial charge in [0.2, 0.25) is 0 Å². The lowest BCUT2D eigenvalue weighted by atomic mass is 10.0. The first-order valence-electron chi connectivity index (χ1n) is 7.18. The van der Waals surface area contributed by atoms with Gasteiger partial charge in [-0.05, 0) is 47.2 Å². The van der Waals surface area contributed by atoms with Gasteiger partial charge in [-0.3, -0.25) is 0 Å². The second kappa shape index (κ2) is 6.47. The molecule has 104 valence electrons. The van der Waals surface area contributed by atoms with Crippen LogP contribution in [-0.2, 0) is 0 Å². The highest BCUT2D eigenvalue weighted by atomic mass is 15.1. The molecule has 0 radical (unpaired) electrons. The monoisotopic (exact) mass is 266 g/mol. The fraction of sp³-hybridized carbons (Fsp3) is 0.333. The van der Waals surface area contributed by atoms with Crippen molar-refractivity contribution in [3.05, 3.63) is 59.7 Å². The molecule has 0 bridgehead atoms. The van der Waals surface area contributed by atoms with Crippen molar-refractivity contribution < 1.29 is 0 Å². The number of azo groups is 1. The lowest BCUT2D eigenvalue weighted by molar-refractivity contribution is 0.865. The Labute approximate surface area is 121 Å². The maximum absolute atomic E-state index is 4.34. The van der Waals surface area contributed by atoms with Crippen molar-refractivity contribution in [1.82, 2.24) is 0 Å². The number of rotatable bonds is 4. The van der Waals surface area contributed by atoms with Crippen molar-refractivity contribution >= 4 is 11.4 Å². The zero-order chi connectivity index (χ0) is 14.5. The SMILES string of the molecule is CC(C)c1cccc(/N=N/c2cccc(C(C)C)c2)c1. The van der Waals surface area contributed by atoms with Crippen LogP contribution >= 0.6 is 0 Å². The van der Waals surface area contributed by atoms with Crippen LogP contribution in [0.4, 0.5) is 11.4 Å². The standard InChI is InChI=1S/C18H22N2/c1-13(2)15-7-5-9-17(11-15)19-20-18-10-6-8-16(12-18)14(3)4/h5-14H,1-4H3/b20-19+. The van der Waals surface area contributed by atoms with Crippen LogP contribution in [0.3, 0.4) is 0 Å². The van der Waals surface area contributed by atoms with Crippen LogP contribution in [0.15, 0.2) is 58.8 Å². The number of nitrogens with zero attached hydrogens (tertiary/aromatic N) is 2. The number of benzene rings is 2. The van der Waals surface area contributed by atoms with Gasteiger partial charge >= 0.3 is 0 Å². The Morgan fingerprint density at radius 3 is 1.40 bits per heavy atom. The molecule has 2 aromatic carbocycles. The quantitative estimate of drug-likeness (QED) is 0.576. The molecular formula is C18H22N2. The van der Waals surface area contributed by atoms with E-state index in [9.17, 15) is 0 Å². The minimum absolute atomic E-state index is 0.509. The van der Waals surface area contributed by atoms with Crippen LogP contribution in [0.5, 0.6) is 0 Å². The van der Waals surface area contributed by atoms with E-state index in [1.54, 1.807) is 0 Å². The highest BCUT2D eigenvalue weighted by Crippen LogP contribution is 2.24. The van der Waals surface area contributed by atoms with E-state index in [1.165, 1.54) is 11.1 Å². The highest BCUT2D eigenvalue weighted by molar-refractivity contribution is 5.44. The molecule has 0 atom stereocenters. The Hall–Kier alpha value is -1.96. The largest absolute Gasteiger partial charge is 0.151 e. The van der Waals surface area contributed by atoms with Crippen molar-refractivity contribution in [2.75, 3.05) is 0 Å². The van der Waals surface area contributed by atoms with Crippen LogP contribution in [-0.4, -0.2) is 0 Å². The summed E-state index contributed by atoms with van der Waals surface area (Å²) in [7, 11) is 0. The topological polar surface area (TPSA) is 24.7 Å². The third kappa shape index (κ3) is 3.77. The van der Waals surface area contributed by atoms with Crippen LogP contribution < -0.4 is 0 Å². The van der Waals surface area contributed by atoms with Gasteiger partial charge in [-0.2, -0.15) is 10.2 Å². The molecule has 0 N–H and O–H groups in total. The first kappa shape index (κ1) is 14.4. The Morgan fingerprint density at radius 1 is 0.650 bits per heavy atom. The highest BCUT2D eigenvalue weighted by Gasteiger charge is 2.01. The minimum atomic E-state index is 0.509. The molecule has 0 unspecified atom stereocenters. The summed E-state index contributed by atoms with van der Waals surface area (Å²) in [5, 5.41) is 8.69. The predicted molar refractivity (Wildman–Crippen MR) is 85.2 cm³/mol. The van der Waals surface area contributed by atoms with Gasteiger partial charge in [0.1, 0.15) is 0 Å². The summed E-state index contributed by atoms with van der Waals surface area (Å²) >= 11 is 0. The van der Waals surface area contributed by atoms with Gasteiger partial charge in [-0.25, -0.2) is 0 Å². The smallest absolute Gasteiger partial charge is 0.0859 e. The molecule has 2 rings (SSSR count). The van der Waals surface area contributed by atoms with Crippen LogP contribution in [0.25, 0.3) is 0 Å². The Morgan fingerprint density at radius 2 is 1.05 bits per heavy atom. The molecule has 0 amide bonds. The third-order valence-corrected chi connectivity index (χ3v) is 3.35. The fourth-order valence-electron chi connectivity index (χ4n) is 2.01. The molecule has 0 spiro atoms. The van der Waals surface area contributed by atoms with Gasteiger partial charge < -0.3 is 0 Å². The van der Waals surface area contributed by atoms with Crippen LogP contribution in [0, 0.1) is 0 Å². The summed E-state index contributed by atoms with van der Waals surface area (Å²) in [6.07, 6.45) is 0. The second-order valence-corrected chi connectivity index (χ2v) is 5.70. The van der Waals surface area contributed by atoms with Crippen molar-refractivity contribution in [3.63, 3.8) is 0 Å². The molecule has 0 saturated carbocycles. The summed E-state index contributed by atoms with van der Waals surface area (Å²) in [6, 6.07) is 16.5. The van der Waals surface area contributed by atoms with Gasteiger partial charge in [0.05, 0.1) is 11.4 Å². The molecular weight excluding hydrogens is 244 g/mol. The van der Waals surface area contributed by atoms with Gasteiger partial charge in [-0.15, -0.1) is 0 Å². The van der Waals surface area contributed by atoms with Crippen LogP contribution in [0.2, 0.25) is 0 Å². The fourth-order valence-corrected chi connectivity index (χ4v) is 2.01. The van der Waals surface area contributed by atoms with Crippen LogP contribution in [0.1, 0.15) is 50.7 Å². The summed E-state index contributed by atoms with van der Waals surface area (Å²) in [5.41, 5.74) is 4.40. The van der Waals surface area contributed by atoms with E-state index >= 15 is 0 Å². The Kier molecular flexibility index (Phi) is 4.67. The first-order chi connectivity index (χ1) is 9.56. The molecule has 0 aromatic heterocycles. The van der Waals surface area contributed by atoms with Crippen molar-refractivity contribution in [1.29, 1.82) is 0 Å². The van der Waals surface area contributed by atoms with Crippen molar-refractivity contribution in [3.8, 4) is 0 Å². The minimum Gasteiger partial charge on any atom is -0.151 e. The third-order valence-electron chi connectivity index (χ3n) is 3.35. The van der Waals surface area contributed by atoms with Crippen molar-refractivity contribution in [2.45, 2.75) is 39.5 Å². The lowest BCUT2D eigenvalue weighted by Gasteiger charge is -2.06. The van der Waals surface area contributed by atoms with E-state index in [-0.39, 0.29) is 0 Å². The molecule has 0 aliphatic heterocycles. The van der Waals surface area contributed by atoms with E-state index in [1.807, 2.05) is 24.3 Å². The molecule has 0 aliphatic rings. The number of hydrogen-bond donors (Lipinski definition) is 0. The summed E-state index contributed by atoms with van der Waals surface area (Å²) in [6.45, 7) is 8.73. The molecule has 2 heteroatoms. The van der Waals surface area contributed by atoms with E-state index < -0.39 is 0 Å². The van der Waals surface area contributed by atoms with E-state index in [0.717, 1.165) is 11.4 Å². The summed E-state index contributed by atoms with van der Waals surface area (Å²) in [5.74, 6) is 1.02. The molecule has 20 heavy (non-hydrogen) atoms. The van der Waals surface area contributed by atoms with Gasteiger partial charge in [0.15, 0.2) is 0 Å². The maximum Gasteiger partial charge on any atom is 0.0859 e. The average Bonchev–Trinajstić information content (AvgIpc) is 2.45. The number of hydrogen-bond acceptors (Lipinski definition) is 2. The Bertz CT molecular complexity index is 544. The maximum atomic E-state index is 4.34. The van der Waals surface area contributed by atoms with Gasteiger partial charge in [-0.1, -0.05) is 52.0 Å². The average molecular weight is 266 g/mol. The zero-order valence-electron chi connectivity index (χ0n) is 12.7. The van der Waals surface area contributed by atoms with Gasteiger partial charge in [0.25, 0.3) is 0 Å². The van der Waals surface area contributed by atoms with E-state index in [2.05, 4.69) is 62.2 Å². The predicted octanol–water partition coefficient (Wildman–Crippen LogP) is 6.35. The van der Waals surface area contributed by atoms with E-state index in [0.29, 0.717) is 11.8 Å². The normalized spacial score (nSPS) is 11.7. The summed E-state index contributed by atoms with van der Waals surface area (Å²) < 4.78 is 0. The van der Waals surface area contributed by atoms with Crippen molar-refractivity contribution in [2.24, 2.45) is 10.2 Å². The zero-order valence-corrected chi connectivity index (χ0v) is 12.7. The molecule has 2 nitrogen and oxygen atoms in total. The summed E-state index contributed by atoms with van der Waals surface area (Å²) in [4.78, 5) is 0. The molecule has 0 saturated heterocycles. The molecule has 2 aromatic rings.